The smallest absolute Gasteiger partial charge is 0.341 e. The summed E-state index contributed by atoms with van der Waals surface area (Å²) in [6.45, 7) is 3.58. The van der Waals surface area contributed by atoms with Crippen molar-refractivity contribution in [3.8, 4) is 0 Å². The van der Waals surface area contributed by atoms with Gasteiger partial charge in [0, 0.05) is 57.6 Å². The summed E-state index contributed by atoms with van der Waals surface area (Å²) in [5.74, 6) is 0.0234. The number of halogens is 2. The van der Waals surface area contributed by atoms with Crippen LogP contribution in [0.15, 0.2) is 40.6 Å². The molecule has 4 heterocycles. The number of amidine groups is 1. The third-order valence-electron chi connectivity index (χ3n) is 5.69. The van der Waals surface area contributed by atoms with Crippen molar-refractivity contribution in [2.45, 2.75) is 12.5 Å². The largest absolute Gasteiger partial charge is 0.367 e. The topological polar surface area (TPSA) is 89.3 Å². The SMILES string of the molecule is O=C(N1CCN(c2nccc(C3=NCCN3)n2)CC1)N1N=CCC1c1cc(F)cc(F)c1. The van der Waals surface area contributed by atoms with Crippen LogP contribution in [0.25, 0.3) is 0 Å². The molecule has 1 atom stereocenters. The van der Waals surface area contributed by atoms with Gasteiger partial charge in [0.1, 0.15) is 23.2 Å². The van der Waals surface area contributed by atoms with Crippen LogP contribution < -0.4 is 10.2 Å². The van der Waals surface area contributed by atoms with Gasteiger partial charge in [-0.25, -0.2) is 28.6 Å². The lowest BCUT2D eigenvalue weighted by molar-refractivity contribution is 0.139. The fourth-order valence-corrected chi connectivity index (χ4v) is 4.09. The maximum Gasteiger partial charge on any atom is 0.341 e. The monoisotopic (exact) mass is 440 g/mol. The van der Waals surface area contributed by atoms with Crippen molar-refractivity contribution in [3.05, 3.63) is 53.4 Å². The number of urea groups is 1. The fraction of sp³-hybridized carbons (Fsp3) is 0.381. The lowest BCUT2D eigenvalue weighted by atomic mass is 10.0. The first-order chi connectivity index (χ1) is 15.6. The van der Waals surface area contributed by atoms with Crippen LogP contribution in [0.3, 0.4) is 0 Å². The number of aromatic nitrogens is 2. The first kappa shape index (κ1) is 20.3. The van der Waals surface area contributed by atoms with Crippen LogP contribution in [0, 0.1) is 11.6 Å². The first-order valence-corrected chi connectivity index (χ1v) is 10.5. The van der Waals surface area contributed by atoms with E-state index in [0.717, 1.165) is 30.7 Å². The Hall–Kier alpha value is -3.63. The van der Waals surface area contributed by atoms with E-state index in [1.165, 1.54) is 17.1 Å². The summed E-state index contributed by atoms with van der Waals surface area (Å²) in [5.41, 5.74) is 1.14. The number of carbonyl (C=O) groups excluding carboxylic acids is 1. The highest BCUT2D eigenvalue weighted by Crippen LogP contribution is 2.30. The van der Waals surface area contributed by atoms with E-state index < -0.39 is 17.7 Å². The number of aliphatic imine (C=N–C) groups is 1. The Labute approximate surface area is 183 Å². The molecule has 1 fully saturated rings. The molecule has 2 amide bonds. The van der Waals surface area contributed by atoms with Crippen molar-refractivity contribution >= 4 is 24.0 Å². The molecule has 5 rings (SSSR count). The zero-order valence-corrected chi connectivity index (χ0v) is 17.3. The van der Waals surface area contributed by atoms with Crippen LogP contribution in [0.1, 0.15) is 23.7 Å². The molecule has 0 spiro atoms. The predicted molar refractivity (Wildman–Crippen MR) is 115 cm³/mol. The number of hydrogen-bond acceptors (Lipinski definition) is 7. The number of nitrogens with one attached hydrogen (secondary N) is 1. The summed E-state index contributed by atoms with van der Waals surface area (Å²) in [6.07, 6.45) is 3.72. The van der Waals surface area contributed by atoms with E-state index in [4.69, 9.17) is 0 Å². The maximum absolute atomic E-state index is 13.7. The second-order valence-electron chi connectivity index (χ2n) is 7.75. The summed E-state index contributed by atoms with van der Waals surface area (Å²) in [6, 6.07) is 4.32. The summed E-state index contributed by atoms with van der Waals surface area (Å²) in [7, 11) is 0. The van der Waals surface area contributed by atoms with E-state index in [-0.39, 0.29) is 6.03 Å². The van der Waals surface area contributed by atoms with Crippen LogP contribution in [0.4, 0.5) is 19.5 Å². The molecule has 1 saturated heterocycles. The van der Waals surface area contributed by atoms with Crippen molar-refractivity contribution in [2.24, 2.45) is 10.1 Å². The van der Waals surface area contributed by atoms with E-state index in [0.29, 0.717) is 44.1 Å². The number of amides is 2. The summed E-state index contributed by atoms with van der Waals surface area (Å²) in [4.78, 5) is 30.2. The Bertz CT molecular complexity index is 1060. The molecule has 0 aliphatic carbocycles. The van der Waals surface area contributed by atoms with Crippen LogP contribution in [0.5, 0.6) is 0 Å². The fourth-order valence-electron chi connectivity index (χ4n) is 4.09. The minimum Gasteiger partial charge on any atom is -0.367 e. The van der Waals surface area contributed by atoms with E-state index in [9.17, 15) is 13.6 Å². The van der Waals surface area contributed by atoms with Crippen molar-refractivity contribution in [2.75, 3.05) is 44.2 Å². The highest BCUT2D eigenvalue weighted by molar-refractivity contribution is 5.98. The molecule has 1 N–H and O–H groups in total. The number of anilines is 1. The number of nitrogens with zero attached hydrogens (tertiary/aromatic N) is 7. The number of rotatable bonds is 3. The highest BCUT2D eigenvalue weighted by atomic mass is 19.1. The number of hydrogen-bond donors (Lipinski definition) is 1. The molecule has 3 aliphatic heterocycles. The van der Waals surface area contributed by atoms with Gasteiger partial charge >= 0.3 is 6.03 Å². The van der Waals surface area contributed by atoms with Crippen molar-refractivity contribution < 1.29 is 13.6 Å². The molecule has 0 saturated carbocycles. The van der Waals surface area contributed by atoms with Gasteiger partial charge in [0.25, 0.3) is 0 Å². The van der Waals surface area contributed by atoms with Crippen LogP contribution in [-0.2, 0) is 0 Å². The molecule has 0 radical (unpaired) electrons. The van der Waals surface area contributed by atoms with Gasteiger partial charge in [0.15, 0.2) is 0 Å². The molecular weight excluding hydrogens is 418 g/mol. The number of piperazine rings is 1. The third kappa shape index (κ3) is 3.97. The van der Waals surface area contributed by atoms with Crippen molar-refractivity contribution in [1.29, 1.82) is 0 Å². The maximum atomic E-state index is 13.7. The number of benzene rings is 1. The lowest BCUT2D eigenvalue weighted by Crippen LogP contribution is -2.52. The third-order valence-corrected chi connectivity index (χ3v) is 5.69. The van der Waals surface area contributed by atoms with Crippen LogP contribution in [0.2, 0.25) is 0 Å². The Morgan fingerprint density at radius 1 is 1.09 bits per heavy atom. The Morgan fingerprint density at radius 3 is 2.59 bits per heavy atom. The van der Waals surface area contributed by atoms with Gasteiger partial charge in [0.2, 0.25) is 5.95 Å². The average molecular weight is 440 g/mol. The molecule has 11 heteroatoms. The molecular formula is C21H22F2N8O. The Balaban J connectivity index is 1.24. The molecule has 3 aliphatic rings. The molecule has 1 unspecified atom stereocenters. The summed E-state index contributed by atoms with van der Waals surface area (Å²) >= 11 is 0. The molecule has 1 aromatic heterocycles. The quantitative estimate of drug-likeness (QED) is 0.786. The van der Waals surface area contributed by atoms with Crippen LogP contribution in [-0.4, -0.2) is 77.2 Å². The van der Waals surface area contributed by atoms with Crippen molar-refractivity contribution in [3.63, 3.8) is 0 Å². The first-order valence-electron chi connectivity index (χ1n) is 10.5. The predicted octanol–water partition coefficient (Wildman–Crippen LogP) is 1.78. The second-order valence-corrected chi connectivity index (χ2v) is 7.75. The summed E-state index contributed by atoms with van der Waals surface area (Å²) in [5, 5.41) is 8.69. The average Bonchev–Trinajstić information content (AvgIpc) is 3.51. The Morgan fingerprint density at radius 2 is 1.88 bits per heavy atom. The highest BCUT2D eigenvalue weighted by Gasteiger charge is 2.34. The van der Waals surface area contributed by atoms with Gasteiger partial charge in [-0.2, -0.15) is 5.10 Å². The van der Waals surface area contributed by atoms with Gasteiger partial charge in [-0.15, -0.1) is 0 Å². The molecule has 2 aromatic rings. The Kier molecular flexibility index (Phi) is 5.38. The van der Waals surface area contributed by atoms with E-state index >= 15 is 0 Å². The van der Waals surface area contributed by atoms with Gasteiger partial charge < -0.3 is 15.1 Å². The van der Waals surface area contributed by atoms with Gasteiger partial charge in [-0.05, 0) is 23.8 Å². The molecule has 1 aromatic carbocycles. The van der Waals surface area contributed by atoms with Gasteiger partial charge in [-0.3, -0.25) is 4.99 Å². The van der Waals surface area contributed by atoms with E-state index in [1.807, 2.05) is 11.0 Å². The molecule has 32 heavy (non-hydrogen) atoms. The molecule has 9 nitrogen and oxygen atoms in total. The normalized spacial score (nSPS) is 20.5. The second kappa shape index (κ2) is 8.48. The van der Waals surface area contributed by atoms with Crippen molar-refractivity contribution in [1.82, 2.24) is 25.2 Å². The van der Waals surface area contributed by atoms with E-state index in [1.54, 1.807) is 17.3 Å². The summed E-state index contributed by atoms with van der Waals surface area (Å²) < 4.78 is 27.3. The molecule has 166 valence electrons. The van der Waals surface area contributed by atoms with Gasteiger partial charge in [0.05, 0.1) is 12.6 Å². The molecule has 0 bridgehead atoms. The minimum atomic E-state index is -0.672. The van der Waals surface area contributed by atoms with E-state index in [2.05, 4.69) is 25.4 Å². The zero-order valence-electron chi connectivity index (χ0n) is 17.3. The number of hydrazone groups is 1. The van der Waals surface area contributed by atoms with Crippen LogP contribution >= 0.6 is 0 Å². The zero-order chi connectivity index (χ0) is 22.1. The lowest BCUT2D eigenvalue weighted by Gasteiger charge is -2.37. The minimum absolute atomic E-state index is 0.285. The number of carbonyl (C=O) groups is 1. The van der Waals surface area contributed by atoms with Gasteiger partial charge in [-0.1, -0.05) is 0 Å². The standard InChI is InChI=1S/C21H22F2N8O/c22-15-11-14(12-16(23)13-15)18-2-4-27-31(18)21(32)30-9-7-29(8-10-30)20-26-3-1-17(28-20)19-24-5-6-25-19/h1,3-4,11-13,18H,2,5-10H2,(H,24,25).